The molecule has 4 N–H and O–H groups in total. The molecule has 0 unspecified atom stereocenters. The van der Waals surface area contributed by atoms with E-state index >= 15 is 0 Å². The zero-order valence-corrected chi connectivity index (χ0v) is 16.7. The van der Waals surface area contributed by atoms with Crippen LogP contribution in [0.5, 0.6) is 0 Å². The number of aliphatic hydroxyl groups is 2. The van der Waals surface area contributed by atoms with Gasteiger partial charge < -0.3 is 20.4 Å². The number of aliphatic hydroxyl groups excluding tert-OH is 2. The molecule has 0 radical (unpaired) electrons. The maximum Gasteiger partial charge on any atom is 0.330 e. The molecule has 156 valence electrons. The molecule has 0 amide bonds. The Labute approximate surface area is 171 Å². The molecule has 0 heterocycles. The summed E-state index contributed by atoms with van der Waals surface area (Å²) >= 11 is 0. The molecule has 0 atom stereocenters. The van der Waals surface area contributed by atoms with Crippen molar-refractivity contribution >= 4 is 11.9 Å². The highest BCUT2D eigenvalue weighted by atomic mass is 16.4. The summed E-state index contributed by atoms with van der Waals surface area (Å²) in [4.78, 5) is 19.2. The summed E-state index contributed by atoms with van der Waals surface area (Å²) in [5.41, 5.74) is 1.49. The van der Waals surface area contributed by atoms with Gasteiger partial charge in [-0.15, -0.1) is 0 Å². The standard InChI is InChI=1S/C15H16O2.2C4H6O2/c16-11-15(12-17,13-7-3-1-4-8-13)14-9-5-2-6-10-14;2*1-3(2)4(5)6/h1-10,16-17H,11-12H2;2*1H2,2H3,(H,5,6). The van der Waals surface area contributed by atoms with Crippen LogP contribution >= 0.6 is 0 Å². The van der Waals surface area contributed by atoms with Crippen LogP contribution in [0.3, 0.4) is 0 Å². The van der Waals surface area contributed by atoms with Gasteiger partial charge in [-0.2, -0.15) is 0 Å². The van der Waals surface area contributed by atoms with Gasteiger partial charge in [-0.05, 0) is 25.0 Å². The van der Waals surface area contributed by atoms with Crippen molar-refractivity contribution in [3.63, 3.8) is 0 Å². The first-order valence-electron chi connectivity index (χ1n) is 8.72. The van der Waals surface area contributed by atoms with Gasteiger partial charge in [0.2, 0.25) is 0 Å². The molecular formula is C23H28O6. The Kier molecular flexibility index (Phi) is 11.6. The number of carbonyl (C=O) groups is 2. The van der Waals surface area contributed by atoms with Gasteiger partial charge in [0.25, 0.3) is 0 Å². The molecule has 0 aliphatic heterocycles. The molecule has 29 heavy (non-hydrogen) atoms. The number of carboxylic acids is 2. The van der Waals surface area contributed by atoms with Gasteiger partial charge in [-0.25, -0.2) is 9.59 Å². The average Bonchev–Trinajstić information content (AvgIpc) is 2.72. The first-order chi connectivity index (χ1) is 13.6. The molecule has 0 aliphatic carbocycles. The van der Waals surface area contributed by atoms with Crippen LogP contribution in [0.15, 0.2) is 85.0 Å². The number of hydrogen-bond donors (Lipinski definition) is 4. The third-order valence-electron chi connectivity index (χ3n) is 3.92. The summed E-state index contributed by atoms with van der Waals surface area (Å²) in [5.74, 6) is -1.87. The fraction of sp³-hybridized carbons (Fsp3) is 0.217. The van der Waals surface area contributed by atoms with Gasteiger partial charge in [-0.3, -0.25) is 0 Å². The van der Waals surface area contributed by atoms with Crippen molar-refractivity contribution in [2.45, 2.75) is 19.3 Å². The average molecular weight is 400 g/mol. The van der Waals surface area contributed by atoms with Crippen molar-refractivity contribution < 1.29 is 30.0 Å². The van der Waals surface area contributed by atoms with Crippen LogP contribution in [0.25, 0.3) is 0 Å². The van der Waals surface area contributed by atoms with Gasteiger partial charge in [0, 0.05) is 11.1 Å². The maximum atomic E-state index is 9.72. The van der Waals surface area contributed by atoms with Crippen LogP contribution in [0.1, 0.15) is 25.0 Å². The third-order valence-corrected chi connectivity index (χ3v) is 3.92. The van der Waals surface area contributed by atoms with Crippen LogP contribution in [0.2, 0.25) is 0 Å². The number of rotatable bonds is 6. The summed E-state index contributed by atoms with van der Waals surface area (Å²) in [6.07, 6.45) is 0. The van der Waals surface area contributed by atoms with E-state index in [0.717, 1.165) is 11.1 Å². The van der Waals surface area contributed by atoms with E-state index in [-0.39, 0.29) is 24.4 Å². The van der Waals surface area contributed by atoms with E-state index in [4.69, 9.17) is 10.2 Å². The zero-order chi connectivity index (χ0) is 22.4. The minimum Gasteiger partial charge on any atom is -0.478 e. The molecule has 6 heteroatoms. The van der Waals surface area contributed by atoms with E-state index in [1.807, 2.05) is 60.7 Å². The predicted molar refractivity (Wildman–Crippen MR) is 113 cm³/mol. The molecule has 2 rings (SSSR count). The second-order valence-corrected chi connectivity index (χ2v) is 6.30. The Morgan fingerprint density at radius 2 is 0.966 bits per heavy atom. The summed E-state index contributed by atoms with van der Waals surface area (Å²) < 4.78 is 0. The normalized spacial score (nSPS) is 9.79. The SMILES string of the molecule is C=C(C)C(=O)O.C=C(C)C(=O)O.OCC(CO)(c1ccccc1)c1ccccc1. The number of aliphatic carboxylic acids is 2. The molecule has 2 aromatic carbocycles. The van der Waals surface area contributed by atoms with Crippen molar-refractivity contribution in [3.8, 4) is 0 Å². The molecule has 2 aromatic rings. The maximum absolute atomic E-state index is 9.72. The lowest BCUT2D eigenvalue weighted by molar-refractivity contribution is -0.133. The first kappa shape index (κ1) is 25.8. The van der Waals surface area contributed by atoms with Crippen LogP contribution < -0.4 is 0 Å². The lowest BCUT2D eigenvalue weighted by atomic mass is 9.76. The minimum atomic E-state index is -0.935. The quantitative estimate of drug-likeness (QED) is 0.553. The first-order valence-corrected chi connectivity index (χ1v) is 8.72. The fourth-order valence-electron chi connectivity index (χ4n) is 2.10. The summed E-state index contributed by atoms with van der Waals surface area (Å²) in [6.45, 7) is 8.98. The van der Waals surface area contributed by atoms with Gasteiger partial charge in [0.05, 0.1) is 18.6 Å². The van der Waals surface area contributed by atoms with E-state index in [2.05, 4.69) is 13.2 Å². The van der Waals surface area contributed by atoms with Gasteiger partial charge >= 0.3 is 11.9 Å². The molecule has 0 fully saturated rings. The largest absolute Gasteiger partial charge is 0.478 e. The van der Waals surface area contributed by atoms with E-state index in [0.29, 0.717) is 0 Å². The molecule has 0 aliphatic rings. The minimum absolute atomic E-state index is 0.114. The molecule has 0 aromatic heterocycles. The highest BCUT2D eigenvalue weighted by Gasteiger charge is 2.32. The Bertz CT molecular complexity index is 703. The van der Waals surface area contributed by atoms with E-state index in [9.17, 15) is 19.8 Å². The lowest BCUT2D eigenvalue weighted by Gasteiger charge is -2.31. The van der Waals surface area contributed by atoms with Crippen molar-refractivity contribution in [2.75, 3.05) is 13.2 Å². The molecular weight excluding hydrogens is 372 g/mol. The Morgan fingerprint density at radius 1 is 0.724 bits per heavy atom. The summed E-state index contributed by atoms with van der Waals surface area (Å²) in [6, 6.07) is 19.2. The van der Waals surface area contributed by atoms with Gasteiger partial charge in [0.1, 0.15) is 0 Å². The van der Waals surface area contributed by atoms with Crippen molar-refractivity contribution in [3.05, 3.63) is 96.1 Å². The van der Waals surface area contributed by atoms with Crippen LogP contribution in [0, 0.1) is 0 Å². The molecule has 6 nitrogen and oxygen atoms in total. The topological polar surface area (TPSA) is 115 Å². The summed E-state index contributed by atoms with van der Waals surface area (Å²) in [7, 11) is 0. The molecule has 0 saturated carbocycles. The summed E-state index contributed by atoms with van der Waals surface area (Å²) in [5, 5.41) is 35.2. The molecule has 0 bridgehead atoms. The van der Waals surface area contributed by atoms with E-state index in [1.165, 1.54) is 13.8 Å². The third kappa shape index (κ3) is 8.55. The monoisotopic (exact) mass is 400 g/mol. The lowest BCUT2D eigenvalue weighted by Crippen LogP contribution is -2.36. The van der Waals surface area contributed by atoms with Gasteiger partial charge in [0.15, 0.2) is 0 Å². The van der Waals surface area contributed by atoms with Crippen molar-refractivity contribution in [1.82, 2.24) is 0 Å². The van der Waals surface area contributed by atoms with Crippen molar-refractivity contribution in [1.29, 1.82) is 0 Å². The Hall–Kier alpha value is -3.22. The number of carboxylic acid groups (broad SMARTS) is 2. The second kappa shape index (κ2) is 13.0. The van der Waals surface area contributed by atoms with Gasteiger partial charge in [-0.1, -0.05) is 73.8 Å². The fourth-order valence-corrected chi connectivity index (χ4v) is 2.10. The van der Waals surface area contributed by atoms with Crippen molar-refractivity contribution in [2.24, 2.45) is 0 Å². The van der Waals surface area contributed by atoms with E-state index in [1.54, 1.807) is 0 Å². The smallest absolute Gasteiger partial charge is 0.330 e. The Morgan fingerprint density at radius 3 is 1.14 bits per heavy atom. The molecule has 0 saturated heterocycles. The van der Waals surface area contributed by atoms with Crippen LogP contribution in [-0.4, -0.2) is 45.6 Å². The van der Waals surface area contributed by atoms with Crippen LogP contribution in [0.4, 0.5) is 0 Å². The predicted octanol–water partition coefficient (Wildman–Crippen LogP) is 3.25. The highest BCUT2D eigenvalue weighted by molar-refractivity contribution is 5.85. The highest BCUT2D eigenvalue weighted by Crippen LogP contribution is 2.31. The van der Waals surface area contributed by atoms with Crippen LogP contribution in [-0.2, 0) is 15.0 Å². The Balaban J connectivity index is 0.000000542. The zero-order valence-electron chi connectivity index (χ0n) is 16.7. The van der Waals surface area contributed by atoms with E-state index < -0.39 is 17.4 Å². The number of hydrogen-bond acceptors (Lipinski definition) is 4. The second-order valence-electron chi connectivity index (χ2n) is 6.30. The molecule has 0 spiro atoms. The number of benzene rings is 2.